The molecule has 2 heterocycles. The predicted octanol–water partition coefficient (Wildman–Crippen LogP) is -4.78. The largest absolute Gasteiger partial charge is 1.00 e. The van der Waals surface area contributed by atoms with Crippen molar-refractivity contribution in [2.75, 3.05) is 6.54 Å². The molecule has 2 aliphatic heterocycles. The molecule has 0 aliphatic carbocycles. The Labute approximate surface area is 170 Å². The molecule has 0 aromatic carbocycles. The Morgan fingerprint density at radius 2 is 1.73 bits per heavy atom. The van der Waals surface area contributed by atoms with Crippen molar-refractivity contribution < 1.29 is 71.3 Å². The Morgan fingerprint density at radius 3 is 2.23 bits per heavy atom. The molecule has 0 N–H and O–H groups in total. The van der Waals surface area contributed by atoms with Gasteiger partial charge in [0.2, 0.25) is 0 Å². The molecule has 0 aromatic rings. The molecule has 0 aromatic heterocycles. The minimum atomic E-state index is -5.02. The van der Waals surface area contributed by atoms with E-state index in [0.29, 0.717) is 0 Å². The number of carbonyl (C=O) groups is 5. The van der Waals surface area contributed by atoms with Gasteiger partial charge >= 0.3 is 35.5 Å². The first kappa shape index (κ1) is 22.4. The smallest absolute Gasteiger partial charge is 0.747 e. The molecule has 1 unspecified atom stereocenters. The van der Waals surface area contributed by atoms with E-state index in [1.165, 1.54) is 0 Å². The van der Waals surface area contributed by atoms with Crippen LogP contribution in [0.3, 0.4) is 0 Å². The topological polar surface area (TPSA) is 158 Å². The number of rotatable bonds is 7. The van der Waals surface area contributed by atoms with Crippen LogP contribution in [0.2, 0.25) is 0 Å². The normalized spacial score (nSPS) is 20.0. The fourth-order valence-corrected chi connectivity index (χ4v) is 2.93. The Balaban J connectivity index is 0.00000338. The van der Waals surface area contributed by atoms with Crippen LogP contribution in [0.4, 0.5) is 0 Å². The predicted molar refractivity (Wildman–Crippen MR) is 75.8 cm³/mol. The van der Waals surface area contributed by atoms with Gasteiger partial charge in [-0.05, 0) is 12.8 Å². The third-order valence-electron chi connectivity index (χ3n) is 3.52. The van der Waals surface area contributed by atoms with E-state index in [1.54, 1.807) is 0 Å². The second-order valence-electron chi connectivity index (χ2n) is 5.29. The van der Waals surface area contributed by atoms with Gasteiger partial charge in [0.15, 0.2) is 0 Å². The van der Waals surface area contributed by atoms with Gasteiger partial charge < -0.3 is 9.39 Å². The van der Waals surface area contributed by atoms with Crippen molar-refractivity contribution in [3.05, 3.63) is 12.2 Å². The standard InChI is InChI=1S/C13H14N2O9S.Na/c16-9-4-5-10(17)14(9)6-2-1-3-12(19)24-15-11(18)7-8(13(15)20)25(21,22)23;/h4-5,8H,1-3,6-7H2,(H,21,22,23);/q;+1/p-1. The third-order valence-corrected chi connectivity index (χ3v) is 4.58. The van der Waals surface area contributed by atoms with Crippen LogP contribution < -0.4 is 29.6 Å². The van der Waals surface area contributed by atoms with Gasteiger partial charge in [0.05, 0.1) is 6.42 Å². The molecule has 26 heavy (non-hydrogen) atoms. The minimum Gasteiger partial charge on any atom is -0.747 e. The molecule has 0 radical (unpaired) electrons. The Hall–Kier alpha value is -1.60. The first-order chi connectivity index (χ1) is 11.6. The van der Waals surface area contributed by atoms with E-state index in [4.69, 9.17) is 0 Å². The average molecular weight is 396 g/mol. The van der Waals surface area contributed by atoms with Crippen molar-refractivity contribution in [1.82, 2.24) is 9.96 Å². The van der Waals surface area contributed by atoms with Crippen molar-refractivity contribution in [3.8, 4) is 0 Å². The summed E-state index contributed by atoms with van der Waals surface area (Å²) >= 11 is 0. The van der Waals surface area contributed by atoms with Crippen LogP contribution in [0.1, 0.15) is 25.7 Å². The van der Waals surface area contributed by atoms with Gasteiger partial charge in [-0.1, -0.05) is 0 Å². The summed E-state index contributed by atoms with van der Waals surface area (Å²) in [6.07, 6.45) is 1.62. The van der Waals surface area contributed by atoms with E-state index < -0.39 is 51.4 Å². The molecule has 2 aliphatic rings. The van der Waals surface area contributed by atoms with Crippen LogP contribution in [0.15, 0.2) is 12.2 Å². The van der Waals surface area contributed by atoms with Crippen molar-refractivity contribution in [2.24, 2.45) is 0 Å². The summed E-state index contributed by atoms with van der Waals surface area (Å²) in [6, 6.07) is 0. The number of nitrogens with zero attached hydrogens (tertiary/aromatic N) is 2. The summed E-state index contributed by atoms with van der Waals surface area (Å²) in [4.78, 5) is 62.8. The van der Waals surface area contributed by atoms with Gasteiger partial charge in [-0.15, -0.1) is 5.06 Å². The Kier molecular flexibility index (Phi) is 7.65. The van der Waals surface area contributed by atoms with Gasteiger partial charge in [0, 0.05) is 25.1 Å². The quantitative estimate of drug-likeness (QED) is 0.178. The van der Waals surface area contributed by atoms with Gasteiger partial charge in [-0.25, -0.2) is 13.2 Å². The number of hydroxylamine groups is 2. The van der Waals surface area contributed by atoms with E-state index in [-0.39, 0.29) is 60.4 Å². The number of imide groups is 2. The van der Waals surface area contributed by atoms with Crippen LogP contribution in [0, 0.1) is 0 Å². The van der Waals surface area contributed by atoms with Gasteiger partial charge in [0.1, 0.15) is 15.4 Å². The van der Waals surface area contributed by atoms with Crippen molar-refractivity contribution in [1.29, 1.82) is 0 Å². The fraction of sp³-hybridized carbons (Fsp3) is 0.462. The molecule has 0 bridgehead atoms. The van der Waals surface area contributed by atoms with Crippen LogP contribution in [-0.2, 0) is 38.9 Å². The maximum Gasteiger partial charge on any atom is 1.00 e. The van der Waals surface area contributed by atoms with Crippen molar-refractivity contribution in [2.45, 2.75) is 30.9 Å². The summed E-state index contributed by atoms with van der Waals surface area (Å²) < 4.78 is 32.6. The molecule has 1 atom stereocenters. The second kappa shape index (κ2) is 8.86. The molecule has 1 fully saturated rings. The molecule has 4 amide bonds. The van der Waals surface area contributed by atoms with E-state index in [9.17, 15) is 36.9 Å². The molecule has 13 heteroatoms. The molecule has 136 valence electrons. The SMILES string of the molecule is O=C(CCCCN1C(=O)C=CC1=O)ON1C(=O)CC(S(=O)(=O)[O-])C1=O.[Na+]. The van der Waals surface area contributed by atoms with Gasteiger partial charge in [-0.3, -0.25) is 24.1 Å². The van der Waals surface area contributed by atoms with E-state index >= 15 is 0 Å². The first-order valence-electron chi connectivity index (χ1n) is 7.17. The van der Waals surface area contributed by atoms with Gasteiger partial charge in [-0.2, -0.15) is 0 Å². The fourth-order valence-electron chi connectivity index (χ4n) is 2.24. The number of unbranched alkanes of at least 4 members (excludes halogenated alkanes) is 1. The number of hydrogen-bond donors (Lipinski definition) is 0. The zero-order chi connectivity index (χ0) is 18.8. The monoisotopic (exact) mass is 396 g/mol. The summed E-state index contributed by atoms with van der Waals surface area (Å²) in [6.45, 7) is 0.0933. The molecule has 2 rings (SSSR count). The summed E-state index contributed by atoms with van der Waals surface area (Å²) in [7, 11) is -5.02. The summed E-state index contributed by atoms with van der Waals surface area (Å²) in [5.41, 5.74) is 0. The Morgan fingerprint density at radius 1 is 1.15 bits per heavy atom. The molecule has 0 spiro atoms. The van der Waals surface area contributed by atoms with Crippen LogP contribution in [0.5, 0.6) is 0 Å². The van der Waals surface area contributed by atoms with Crippen LogP contribution >= 0.6 is 0 Å². The van der Waals surface area contributed by atoms with Gasteiger partial charge in [0.25, 0.3) is 23.6 Å². The first-order valence-corrected chi connectivity index (χ1v) is 8.64. The average Bonchev–Trinajstić information content (AvgIpc) is 2.98. The van der Waals surface area contributed by atoms with E-state index in [1.807, 2.05) is 0 Å². The molecule has 1 saturated heterocycles. The van der Waals surface area contributed by atoms with E-state index in [0.717, 1.165) is 17.1 Å². The molecular formula is C13H13N2NaO9S. The van der Waals surface area contributed by atoms with Crippen LogP contribution in [0.25, 0.3) is 0 Å². The number of amides is 4. The maximum atomic E-state index is 11.6. The van der Waals surface area contributed by atoms with Crippen molar-refractivity contribution >= 4 is 39.7 Å². The van der Waals surface area contributed by atoms with Crippen LogP contribution in [-0.4, -0.2) is 64.3 Å². The van der Waals surface area contributed by atoms with E-state index in [2.05, 4.69) is 4.84 Å². The zero-order valence-electron chi connectivity index (χ0n) is 13.7. The second-order valence-corrected chi connectivity index (χ2v) is 6.85. The maximum absolute atomic E-state index is 11.6. The summed E-state index contributed by atoms with van der Waals surface area (Å²) in [5.74, 6) is -4.38. The zero-order valence-corrected chi connectivity index (χ0v) is 16.6. The molecular weight excluding hydrogens is 383 g/mol. The van der Waals surface area contributed by atoms with Crippen molar-refractivity contribution in [3.63, 3.8) is 0 Å². The summed E-state index contributed by atoms with van der Waals surface area (Å²) in [5, 5.41) is -2.10. The number of hydrogen-bond acceptors (Lipinski definition) is 9. The number of carbonyl (C=O) groups excluding carboxylic acids is 5. The Bertz CT molecular complexity index is 758. The minimum absolute atomic E-state index is 0. The molecule has 0 saturated carbocycles. The molecule has 11 nitrogen and oxygen atoms in total. The third kappa shape index (κ3) is 5.20.